The molecule has 2 heterocycles. The molecule has 43 heavy (non-hydrogen) atoms. The van der Waals surface area contributed by atoms with Gasteiger partial charge in [0.05, 0.1) is 25.0 Å². The molecule has 1 unspecified atom stereocenters. The number of ether oxygens (including phenoxy) is 2. The molecule has 0 saturated carbocycles. The Labute approximate surface area is 255 Å². The largest absolute Gasteiger partial charge is 0.460 e. The van der Waals surface area contributed by atoms with Gasteiger partial charge in [-0.25, -0.2) is 0 Å². The van der Waals surface area contributed by atoms with Gasteiger partial charge in [-0.1, -0.05) is 91.0 Å². The van der Waals surface area contributed by atoms with Gasteiger partial charge in [-0.15, -0.1) is 0 Å². The topological polar surface area (TPSA) is 79.9 Å². The summed E-state index contributed by atoms with van der Waals surface area (Å²) in [5, 5.41) is 5.23. The summed E-state index contributed by atoms with van der Waals surface area (Å²) < 4.78 is 11.9. The fourth-order valence-corrected chi connectivity index (χ4v) is 6.14. The number of hydrogen-bond donors (Lipinski definition) is 2. The first-order chi connectivity index (χ1) is 20.5. The molecule has 2 aliphatic rings. The van der Waals surface area contributed by atoms with Crippen molar-refractivity contribution in [2.75, 3.05) is 13.2 Å². The Morgan fingerprint density at radius 1 is 0.977 bits per heavy atom. The molecule has 7 nitrogen and oxygen atoms in total. The Kier molecular flexibility index (Phi) is 8.76. The zero-order chi connectivity index (χ0) is 30.7. The summed E-state index contributed by atoms with van der Waals surface area (Å²) in [6, 6.07) is 28.6. The van der Waals surface area contributed by atoms with Gasteiger partial charge in [0.1, 0.15) is 11.3 Å². The molecule has 2 aliphatic heterocycles. The molecule has 5 rings (SSSR count). The minimum atomic E-state index is -0.768. The van der Waals surface area contributed by atoms with Crippen LogP contribution in [0.3, 0.4) is 0 Å². The smallest absolute Gasteiger partial charge is 0.307 e. The van der Waals surface area contributed by atoms with Crippen LogP contribution in [0.25, 0.3) is 11.1 Å². The van der Waals surface area contributed by atoms with Gasteiger partial charge >= 0.3 is 5.97 Å². The lowest BCUT2D eigenvalue weighted by atomic mass is 9.69. The van der Waals surface area contributed by atoms with Crippen LogP contribution >= 0.6 is 0 Å². The number of hydrogen-bond acceptors (Lipinski definition) is 6. The Balaban J connectivity index is 1.47. The van der Waals surface area contributed by atoms with Crippen LogP contribution in [0.15, 0.2) is 97.2 Å². The summed E-state index contributed by atoms with van der Waals surface area (Å²) in [4.78, 5) is 27.8. The molecule has 0 spiro atoms. The lowest BCUT2D eigenvalue weighted by Crippen LogP contribution is -2.59. The average molecular weight is 582 g/mol. The highest BCUT2D eigenvalue weighted by molar-refractivity contribution is 5.86. The normalized spacial score (nSPS) is 22.1. The summed E-state index contributed by atoms with van der Waals surface area (Å²) in [5.41, 5.74) is 5.38. The fourth-order valence-electron chi connectivity index (χ4n) is 6.14. The van der Waals surface area contributed by atoms with Gasteiger partial charge in [0.2, 0.25) is 5.91 Å². The van der Waals surface area contributed by atoms with E-state index in [2.05, 4.69) is 59.3 Å². The fraction of sp³-hybridized carbons (Fsp3) is 0.389. The molecule has 2 N–H and O–H groups in total. The van der Waals surface area contributed by atoms with E-state index in [1.54, 1.807) is 0 Å². The van der Waals surface area contributed by atoms with Crippen molar-refractivity contribution in [2.24, 2.45) is 5.92 Å². The van der Waals surface area contributed by atoms with E-state index in [1.165, 1.54) is 0 Å². The van der Waals surface area contributed by atoms with Crippen molar-refractivity contribution >= 4 is 11.9 Å². The van der Waals surface area contributed by atoms with E-state index >= 15 is 0 Å². The van der Waals surface area contributed by atoms with Crippen LogP contribution in [0.4, 0.5) is 0 Å². The maximum absolute atomic E-state index is 14.5. The van der Waals surface area contributed by atoms with Gasteiger partial charge in [-0.3, -0.25) is 15.0 Å². The van der Waals surface area contributed by atoms with E-state index in [9.17, 15) is 9.59 Å². The first-order valence-corrected chi connectivity index (χ1v) is 15.0. The number of rotatable bonds is 9. The highest BCUT2D eigenvalue weighted by Crippen LogP contribution is 2.40. The molecule has 0 aliphatic carbocycles. The first-order valence-electron chi connectivity index (χ1n) is 15.0. The quantitative estimate of drug-likeness (QED) is 0.313. The molecule has 7 heteroatoms. The second-order valence-electron chi connectivity index (χ2n) is 13.0. The maximum Gasteiger partial charge on any atom is 0.307 e. The van der Waals surface area contributed by atoms with Crippen LogP contribution in [-0.2, 0) is 30.9 Å². The third kappa shape index (κ3) is 7.00. The molecule has 3 aromatic rings. The molecule has 1 amide bonds. The van der Waals surface area contributed by atoms with E-state index in [0.717, 1.165) is 28.7 Å². The predicted octanol–water partition coefficient (Wildman–Crippen LogP) is 5.77. The SMILES string of the molecule is CC(C)(C)OC(=O)C[C@H](C(=O)NN1[C@@H](Cc2ccccc2)COC1(C)C)C1(c2ccc(-c3ccccc3)cc2)C=CNC1. The lowest BCUT2D eigenvalue weighted by molar-refractivity contribution is -0.159. The van der Waals surface area contributed by atoms with Gasteiger partial charge in [-0.2, -0.15) is 5.01 Å². The van der Waals surface area contributed by atoms with Crippen molar-refractivity contribution in [1.29, 1.82) is 0 Å². The summed E-state index contributed by atoms with van der Waals surface area (Å²) in [5.74, 6) is -1.40. The second kappa shape index (κ2) is 12.3. The standard InChI is InChI=1S/C36H43N3O4/c1-34(2,3)43-32(40)23-31(33(41)38-39-30(24-42-35(39,4)5)22-26-12-8-6-9-13-26)36(20-21-37-25-36)29-18-16-28(17-19-29)27-14-10-7-11-15-27/h6-21,30-31,37H,22-25H2,1-5H3,(H,38,41)/t30-,31+,36?/m0/s1. The first kappa shape index (κ1) is 30.5. The van der Waals surface area contributed by atoms with E-state index in [0.29, 0.717) is 13.2 Å². The van der Waals surface area contributed by atoms with Crippen molar-refractivity contribution in [3.63, 3.8) is 0 Å². The molecule has 1 saturated heterocycles. The number of nitrogens with one attached hydrogen (secondary N) is 2. The van der Waals surface area contributed by atoms with Crippen LogP contribution in [0.1, 0.15) is 52.2 Å². The lowest BCUT2D eigenvalue weighted by Gasteiger charge is -2.39. The van der Waals surface area contributed by atoms with Gasteiger partial charge in [-0.05, 0) is 69.5 Å². The van der Waals surface area contributed by atoms with Crippen LogP contribution in [0.2, 0.25) is 0 Å². The van der Waals surface area contributed by atoms with Crippen LogP contribution in [0.5, 0.6) is 0 Å². The van der Waals surface area contributed by atoms with Gasteiger partial charge in [0.25, 0.3) is 0 Å². The predicted molar refractivity (Wildman–Crippen MR) is 169 cm³/mol. The molecule has 226 valence electrons. The Morgan fingerprint density at radius 2 is 1.60 bits per heavy atom. The Hall–Kier alpha value is -3.94. The summed E-state index contributed by atoms with van der Waals surface area (Å²) in [6.07, 6.45) is 4.54. The zero-order valence-corrected chi connectivity index (χ0v) is 25.8. The minimum Gasteiger partial charge on any atom is -0.460 e. The molecular weight excluding hydrogens is 538 g/mol. The van der Waals surface area contributed by atoms with E-state index in [-0.39, 0.29) is 18.4 Å². The highest BCUT2D eigenvalue weighted by Gasteiger charge is 2.49. The second-order valence-corrected chi connectivity index (χ2v) is 13.0. The molecule has 3 aromatic carbocycles. The molecule has 0 radical (unpaired) electrons. The number of nitrogens with zero attached hydrogens (tertiary/aromatic N) is 1. The third-order valence-electron chi connectivity index (χ3n) is 8.27. The van der Waals surface area contributed by atoms with Gasteiger partial charge in [0.15, 0.2) is 0 Å². The summed E-state index contributed by atoms with van der Waals surface area (Å²) >= 11 is 0. The Bertz CT molecular complexity index is 1430. The van der Waals surface area contributed by atoms with E-state index in [4.69, 9.17) is 9.47 Å². The monoisotopic (exact) mass is 581 g/mol. The molecule has 1 fully saturated rings. The summed E-state index contributed by atoms with van der Waals surface area (Å²) in [6.45, 7) is 10.4. The zero-order valence-electron chi connectivity index (χ0n) is 25.8. The third-order valence-corrected chi connectivity index (χ3v) is 8.27. The van der Waals surface area contributed by atoms with E-state index < -0.39 is 28.6 Å². The van der Waals surface area contributed by atoms with Crippen molar-refractivity contribution in [3.8, 4) is 11.1 Å². The van der Waals surface area contributed by atoms with Crippen molar-refractivity contribution in [2.45, 2.75) is 70.2 Å². The van der Waals surface area contributed by atoms with Crippen molar-refractivity contribution < 1.29 is 19.1 Å². The van der Waals surface area contributed by atoms with Crippen LogP contribution in [-0.4, -0.2) is 47.4 Å². The summed E-state index contributed by atoms with van der Waals surface area (Å²) in [7, 11) is 0. The van der Waals surface area contributed by atoms with Crippen molar-refractivity contribution in [3.05, 3.63) is 108 Å². The molecular formula is C36H43N3O4. The minimum absolute atomic E-state index is 0.0677. The van der Waals surface area contributed by atoms with Crippen LogP contribution in [0, 0.1) is 5.92 Å². The number of carbonyl (C=O) groups excluding carboxylic acids is 2. The number of hydrazine groups is 1. The number of benzene rings is 3. The number of amides is 1. The maximum atomic E-state index is 14.5. The van der Waals surface area contributed by atoms with Crippen molar-refractivity contribution in [1.82, 2.24) is 15.8 Å². The van der Waals surface area contributed by atoms with Gasteiger partial charge in [0, 0.05) is 12.0 Å². The molecule has 0 bridgehead atoms. The Morgan fingerprint density at radius 3 is 2.21 bits per heavy atom. The van der Waals surface area contributed by atoms with Crippen LogP contribution < -0.4 is 10.7 Å². The molecule has 3 atom stereocenters. The number of carbonyl (C=O) groups is 2. The van der Waals surface area contributed by atoms with E-state index in [1.807, 2.05) is 88.3 Å². The average Bonchev–Trinajstić information content (AvgIpc) is 3.58. The molecule has 0 aromatic heterocycles. The number of esters is 1. The van der Waals surface area contributed by atoms with Gasteiger partial charge < -0.3 is 14.8 Å². The highest BCUT2D eigenvalue weighted by atomic mass is 16.6.